The van der Waals surface area contributed by atoms with Crippen LogP contribution in [-0.2, 0) is 4.74 Å². The van der Waals surface area contributed by atoms with Crippen molar-refractivity contribution in [3.05, 3.63) is 0 Å². The SMILES string of the molecule is CCNC(=O)OC1CC[N+](C)(C)C1. The molecule has 4 heteroatoms. The molecular weight excluding hydrogens is 168 g/mol. The van der Waals surface area contributed by atoms with E-state index in [1.54, 1.807) is 0 Å². The van der Waals surface area contributed by atoms with E-state index < -0.39 is 0 Å². The summed E-state index contributed by atoms with van der Waals surface area (Å²) in [6.07, 6.45) is 0.792. The molecule has 0 aromatic rings. The summed E-state index contributed by atoms with van der Waals surface area (Å²) in [5.41, 5.74) is 0. The molecule has 1 unspecified atom stereocenters. The van der Waals surface area contributed by atoms with Gasteiger partial charge in [0.25, 0.3) is 0 Å². The van der Waals surface area contributed by atoms with Crippen LogP contribution in [0.4, 0.5) is 4.79 Å². The molecule has 0 spiro atoms. The molecule has 0 aromatic carbocycles. The number of amides is 1. The van der Waals surface area contributed by atoms with Crippen molar-refractivity contribution in [1.29, 1.82) is 0 Å². The first-order valence-corrected chi connectivity index (χ1v) is 4.80. The van der Waals surface area contributed by atoms with Gasteiger partial charge < -0.3 is 14.5 Å². The van der Waals surface area contributed by atoms with Crippen LogP contribution in [0, 0.1) is 0 Å². The maximum atomic E-state index is 11.1. The summed E-state index contributed by atoms with van der Waals surface area (Å²) in [7, 11) is 4.31. The molecule has 76 valence electrons. The van der Waals surface area contributed by atoms with E-state index >= 15 is 0 Å². The Kier molecular flexibility index (Phi) is 3.14. The minimum absolute atomic E-state index is 0.0987. The number of rotatable bonds is 2. The number of likely N-dealkylation sites (tertiary alicyclic amines) is 1. The number of carbonyl (C=O) groups is 1. The van der Waals surface area contributed by atoms with Crippen molar-refractivity contribution in [2.24, 2.45) is 0 Å². The first-order chi connectivity index (χ1) is 6.03. The topological polar surface area (TPSA) is 38.3 Å². The molecular formula is C9H19N2O2+. The minimum Gasteiger partial charge on any atom is -0.440 e. The summed E-state index contributed by atoms with van der Waals surface area (Å²) in [6.45, 7) is 4.53. The molecule has 1 amide bonds. The molecule has 0 saturated carbocycles. The standard InChI is InChI=1S/C9H18N2O2/c1-4-10-9(12)13-8-5-6-11(2,3)7-8/h8H,4-7H2,1-3H3/p+1. The fourth-order valence-corrected chi connectivity index (χ4v) is 1.66. The summed E-state index contributed by atoms with van der Waals surface area (Å²) in [6, 6.07) is 0. The maximum Gasteiger partial charge on any atom is 0.407 e. The lowest BCUT2D eigenvalue weighted by Gasteiger charge is -2.22. The van der Waals surface area contributed by atoms with E-state index in [0.717, 1.165) is 24.0 Å². The van der Waals surface area contributed by atoms with Crippen LogP contribution in [0.3, 0.4) is 0 Å². The fourth-order valence-electron chi connectivity index (χ4n) is 1.66. The Morgan fingerprint density at radius 1 is 1.62 bits per heavy atom. The highest BCUT2D eigenvalue weighted by Crippen LogP contribution is 2.16. The molecule has 0 aliphatic carbocycles. The van der Waals surface area contributed by atoms with Crippen LogP contribution in [0.15, 0.2) is 0 Å². The highest BCUT2D eigenvalue weighted by atomic mass is 16.6. The number of nitrogens with zero attached hydrogens (tertiary/aromatic N) is 1. The molecule has 4 nitrogen and oxygen atoms in total. The van der Waals surface area contributed by atoms with Gasteiger partial charge in [0.2, 0.25) is 0 Å². The second-order valence-corrected chi connectivity index (χ2v) is 4.19. The van der Waals surface area contributed by atoms with Gasteiger partial charge in [0.15, 0.2) is 6.10 Å². The zero-order chi connectivity index (χ0) is 9.90. The number of alkyl carbamates (subject to hydrolysis) is 1. The Morgan fingerprint density at radius 2 is 2.31 bits per heavy atom. The van der Waals surface area contributed by atoms with Crippen LogP contribution < -0.4 is 5.32 Å². The van der Waals surface area contributed by atoms with Gasteiger partial charge in [-0.2, -0.15) is 0 Å². The van der Waals surface area contributed by atoms with Gasteiger partial charge in [0.1, 0.15) is 6.54 Å². The van der Waals surface area contributed by atoms with E-state index in [-0.39, 0.29) is 12.2 Å². The summed E-state index contributed by atoms with van der Waals surface area (Å²) in [4.78, 5) is 11.1. The Balaban J connectivity index is 2.28. The number of hydrogen-bond donors (Lipinski definition) is 1. The van der Waals surface area contributed by atoms with Crippen molar-refractivity contribution < 1.29 is 14.0 Å². The number of ether oxygens (including phenoxy) is 1. The Bertz CT molecular complexity index is 192. The summed E-state index contributed by atoms with van der Waals surface area (Å²) in [5.74, 6) is 0. The van der Waals surface area contributed by atoms with E-state index in [1.165, 1.54) is 0 Å². The molecule has 0 aromatic heterocycles. The predicted molar refractivity (Wildman–Crippen MR) is 50.4 cm³/mol. The van der Waals surface area contributed by atoms with Crippen LogP contribution in [-0.4, -0.2) is 50.4 Å². The van der Waals surface area contributed by atoms with E-state index in [0.29, 0.717) is 6.54 Å². The van der Waals surface area contributed by atoms with Gasteiger partial charge in [-0.3, -0.25) is 0 Å². The van der Waals surface area contributed by atoms with Crippen molar-refractivity contribution in [3.8, 4) is 0 Å². The Morgan fingerprint density at radius 3 is 2.77 bits per heavy atom. The van der Waals surface area contributed by atoms with Crippen molar-refractivity contribution in [1.82, 2.24) is 5.32 Å². The molecule has 1 heterocycles. The second kappa shape index (κ2) is 3.96. The Labute approximate surface area is 79.4 Å². The minimum atomic E-state index is -0.283. The van der Waals surface area contributed by atoms with Crippen molar-refractivity contribution in [2.75, 3.05) is 33.7 Å². The molecule has 1 fully saturated rings. The summed E-state index contributed by atoms with van der Waals surface area (Å²) in [5, 5.41) is 2.63. The Hall–Kier alpha value is -0.770. The lowest BCUT2D eigenvalue weighted by molar-refractivity contribution is -0.879. The molecule has 13 heavy (non-hydrogen) atoms. The summed E-state index contributed by atoms with van der Waals surface area (Å²) < 4.78 is 6.17. The van der Waals surface area contributed by atoms with Crippen molar-refractivity contribution >= 4 is 6.09 Å². The third-order valence-corrected chi connectivity index (χ3v) is 2.35. The zero-order valence-corrected chi connectivity index (χ0v) is 8.67. The first kappa shape index (κ1) is 10.3. The number of quaternary nitrogens is 1. The van der Waals surface area contributed by atoms with Crippen LogP contribution in [0.5, 0.6) is 0 Å². The van der Waals surface area contributed by atoms with E-state index in [2.05, 4.69) is 19.4 Å². The van der Waals surface area contributed by atoms with Gasteiger partial charge in [0, 0.05) is 13.0 Å². The molecule has 1 atom stereocenters. The quantitative estimate of drug-likeness (QED) is 0.642. The van der Waals surface area contributed by atoms with Crippen LogP contribution in [0.2, 0.25) is 0 Å². The number of carbonyl (C=O) groups excluding carboxylic acids is 1. The average molecular weight is 187 g/mol. The zero-order valence-electron chi connectivity index (χ0n) is 8.67. The predicted octanol–water partition coefficient (Wildman–Crippen LogP) is 0.581. The molecule has 0 radical (unpaired) electrons. The van der Waals surface area contributed by atoms with Gasteiger partial charge in [-0.15, -0.1) is 0 Å². The molecule has 1 rings (SSSR count). The van der Waals surface area contributed by atoms with Gasteiger partial charge in [-0.1, -0.05) is 0 Å². The number of hydrogen-bond acceptors (Lipinski definition) is 2. The molecule has 1 saturated heterocycles. The monoisotopic (exact) mass is 187 g/mol. The largest absolute Gasteiger partial charge is 0.440 e. The second-order valence-electron chi connectivity index (χ2n) is 4.19. The number of nitrogens with one attached hydrogen (secondary N) is 1. The fraction of sp³-hybridized carbons (Fsp3) is 0.889. The smallest absolute Gasteiger partial charge is 0.407 e. The normalized spacial score (nSPS) is 25.6. The van der Waals surface area contributed by atoms with Crippen LogP contribution in [0.1, 0.15) is 13.3 Å². The molecule has 1 aliphatic rings. The van der Waals surface area contributed by atoms with Gasteiger partial charge in [-0.05, 0) is 6.92 Å². The van der Waals surface area contributed by atoms with Crippen molar-refractivity contribution in [2.45, 2.75) is 19.4 Å². The van der Waals surface area contributed by atoms with Crippen LogP contribution >= 0.6 is 0 Å². The van der Waals surface area contributed by atoms with Gasteiger partial charge >= 0.3 is 6.09 Å². The third-order valence-electron chi connectivity index (χ3n) is 2.35. The lowest BCUT2D eigenvalue weighted by atomic mass is 10.3. The van der Waals surface area contributed by atoms with E-state index in [4.69, 9.17) is 4.74 Å². The van der Waals surface area contributed by atoms with E-state index in [1.807, 2.05) is 6.92 Å². The highest BCUT2D eigenvalue weighted by Gasteiger charge is 2.33. The maximum absolute atomic E-state index is 11.1. The van der Waals surface area contributed by atoms with Gasteiger partial charge in [0.05, 0.1) is 20.6 Å². The average Bonchev–Trinajstić information content (AvgIpc) is 2.30. The lowest BCUT2D eigenvalue weighted by Crippen LogP contribution is -2.38. The highest BCUT2D eigenvalue weighted by molar-refractivity contribution is 5.67. The van der Waals surface area contributed by atoms with Crippen LogP contribution in [0.25, 0.3) is 0 Å². The summed E-state index contributed by atoms with van der Waals surface area (Å²) >= 11 is 0. The molecule has 1 aliphatic heterocycles. The first-order valence-electron chi connectivity index (χ1n) is 4.80. The third kappa shape index (κ3) is 3.22. The number of likely N-dealkylation sites (N-methyl/N-ethyl adjacent to an activating group) is 1. The van der Waals surface area contributed by atoms with Crippen molar-refractivity contribution in [3.63, 3.8) is 0 Å². The molecule has 1 N–H and O–H groups in total. The molecule has 0 bridgehead atoms. The van der Waals surface area contributed by atoms with Gasteiger partial charge in [-0.25, -0.2) is 4.79 Å². The van der Waals surface area contributed by atoms with E-state index in [9.17, 15) is 4.79 Å².